The lowest BCUT2D eigenvalue weighted by atomic mass is 10.6. The maximum atomic E-state index is 2.52. The van der Waals surface area contributed by atoms with Crippen LogP contribution in [0.2, 0.25) is 0 Å². The van der Waals surface area contributed by atoms with Crippen LogP contribution in [0.3, 0.4) is 0 Å². The summed E-state index contributed by atoms with van der Waals surface area (Å²) in [4.78, 5) is 0. The summed E-state index contributed by atoms with van der Waals surface area (Å²) in [6.45, 7) is 14.7. The molecule has 0 aromatic rings. The highest BCUT2D eigenvalue weighted by Gasteiger charge is 2.29. The van der Waals surface area contributed by atoms with E-state index >= 15 is 0 Å². The number of hydrogen-bond acceptors (Lipinski definition) is 0. The van der Waals surface area contributed by atoms with E-state index in [2.05, 4.69) is 40.2 Å². The zero-order chi connectivity index (χ0) is 9.83. The Kier molecular flexibility index (Phi) is 5.27. The third-order valence-corrected chi connectivity index (χ3v) is 7.22. The fourth-order valence-corrected chi connectivity index (χ4v) is 7.29. The predicted molar refractivity (Wildman–Crippen MR) is 68.4 cm³/mol. The molecular weight excluding hydrogens is 182 g/mol. The van der Waals surface area contributed by atoms with Gasteiger partial charge in [0, 0.05) is 47.8 Å². The summed E-state index contributed by atoms with van der Waals surface area (Å²) in [5, 5.41) is 0. The van der Waals surface area contributed by atoms with Crippen molar-refractivity contribution >= 4 is 14.5 Å². The van der Waals surface area contributed by atoms with E-state index in [0.29, 0.717) is 0 Å². The van der Waals surface area contributed by atoms with Crippen molar-refractivity contribution in [1.82, 2.24) is 0 Å². The van der Waals surface area contributed by atoms with Crippen LogP contribution >= 0.6 is 14.5 Å². The molecule has 0 saturated carbocycles. The molecule has 0 aromatic carbocycles. The molecule has 0 aliphatic heterocycles. The average molecular weight is 208 g/mol. The van der Waals surface area contributed by atoms with E-state index in [1.54, 1.807) is 0 Å². The van der Waals surface area contributed by atoms with Crippen molar-refractivity contribution in [2.75, 3.05) is 51.8 Å². The van der Waals surface area contributed by atoms with E-state index in [0.717, 1.165) is 0 Å². The zero-order valence-corrected chi connectivity index (χ0v) is 11.5. The summed E-state index contributed by atoms with van der Waals surface area (Å²) in [6.07, 6.45) is 5.91. The Morgan fingerprint density at radius 2 is 1.25 bits per heavy atom. The van der Waals surface area contributed by atoms with Gasteiger partial charge in [-0.2, -0.15) is 0 Å². The van der Waals surface area contributed by atoms with Crippen LogP contribution in [0.4, 0.5) is 0 Å². The Balaban J connectivity index is 3.75. The van der Waals surface area contributed by atoms with Crippen LogP contribution in [0, 0.1) is 0 Å². The lowest BCUT2D eigenvalue weighted by Gasteiger charge is -2.19. The Bertz CT molecular complexity index is 122. The Morgan fingerprint density at radius 1 is 0.750 bits per heavy atom. The quantitative estimate of drug-likeness (QED) is 0.606. The lowest BCUT2D eigenvalue weighted by Crippen LogP contribution is -2.06. The number of hydrogen-bond donors (Lipinski definition) is 0. The van der Waals surface area contributed by atoms with E-state index in [4.69, 9.17) is 0 Å². The number of rotatable bonds is 5. The smallest absolute Gasteiger partial charge is 0.0619 e. The summed E-state index contributed by atoms with van der Waals surface area (Å²) in [6, 6.07) is 0. The molecule has 74 valence electrons. The van der Waals surface area contributed by atoms with E-state index in [1.807, 2.05) is 0 Å². The van der Waals surface area contributed by atoms with Gasteiger partial charge < -0.3 is 0 Å². The minimum absolute atomic E-state index is 0.508. The predicted octanol–water partition coefficient (Wildman–Crippen LogP) is 3.58. The topological polar surface area (TPSA) is 0 Å². The van der Waals surface area contributed by atoms with Crippen molar-refractivity contribution in [1.29, 1.82) is 0 Å². The summed E-state index contributed by atoms with van der Waals surface area (Å²) < 4.78 is 0. The monoisotopic (exact) mass is 208 g/mol. The van der Waals surface area contributed by atoms with Gasteiger partial charge in [0.1, 0.15) is 0 Å². The zero-order valence-electron chi connectivity index (χ0n) is 9.72. The van der Waals surface area contributed by atoms with E-state index < -0.39 is 14.5 Å². The molecular formula is C10H26P2+2. The van der Waals surface area contributed by atoms with Crippen LogP contribution in [0.5, 0.6) is 0 Å². The van der Waals surface area contributed by atoms with Crippen molar-refractivity contribution in [3.63, 3.8) is 0 Å². The fourth-order valence-electron chi connectivity index (χ4n) is 1.29. The molecule has 0 atom stereocenters. The average Bonchev–Trinajstić information content (AvgIpc) is 1.83. The fraction of sp³-hybridized carbons (Fsp3) is 1.00. The molecule has 0 fully saturated rings. The van der Waals surface area contributed by atoms with Crippen LogP contribution in [0.15, 0.2) is 0 Å². The second-order valence-corrected chi connectivity index (χ2v) is 15.2. The molecule has 0 heterocycles. The van der Waals surface area contributed by atoms with Gasteiger partial charge in [0.2, 0.25) is 0 Å². The van der Waals surface area contributed by atoms with Crippen LogP contribution < -0.4 is 0 Å². The van der Waals surface area contributed by atoms with Crippen LogP contribution in [0.25, 0.3) is 0 Å². The summed E-state index contributed by atoms with van der Waals surface area (Å²) >= 11 is 0. The minimum atomic E-state index is -0.511. The first-order chi connectivity index (χ1) is 5.27. The highest BCUT2D eigenvalue weighted by atomic mass is 31.2. The van der Waals surface area contributed by atoms with Gasteiger partial charge in [-0.15, -0.1) is 0 Å². The second kappa shape index (κ2) is 4.92. The molecule has 0 N–H and O–H groups in total. The highest BCUT2D eigenvalue weighted by Crippen LogP contribution is 2.57. The lowest BCUT2D eigenvalue weighted by molar-refractivity contribution is 1.08. The first kappa shape index (κ1) is 12.9. The molecule has 0 saturated heterocycles. The van der Waals surface area contributed by atoms with Gasteiger partial charge in [0.05, 0.1) is 18.5 Å². The van der Waals surface area contributed by atoms with Gasteiger partial charge in [-0.3, -0.25) is 0 Å². The van der Waals surface area contributed by atoms with E-state index in [1.165, 1.54) is 24.9 Å². The Morgan fingerprint density at radius 3 is 1.58 bits per heavy atom. The van der Waals surface area contributed by atoms with Crippen molar-refractivity contribution in [3.8, 4) is 0 Å². The SMILES string of the molecule is CCC[P+](C)(C)CC[P+](C)(C)C. The van der Waals surface area contributed by atoms with Crippen LogP contribution in [-0.2, 0) is 0 Å². The first-order valence-electron chi connectivity index (χ1n) is 4.89. The third-order valence-electron chi connectivity index (χ3n) is 2.21. The molecule has 0 aromatic heterocycles. The molecule has 0 radical (unpaired) electrons. The molecule has 0 nitrogen and oxygen atoms in total. The normalized spacial score (nSPS) is 13.5. The maximum Gasteiger partial charge on any atom is 0.0923 e. The molecule has 0 unspecified atom stereocenters. The van der Waals surface area contributed by atoms with Gasteiger partial charge >= 0.3 is 0 Å². The minimum Gasteiger partial charge on any atom is -0.0619 e. The Hall–Kier alpha value is 0.860. The summed E-state index contributed by atoms with van der Waals surface area (Å²) in [5.74, 6) is 0. The van der Waals surface area contributed by atoms with Gasteiger partial charge in [0.15, 0.2) is 0 Å². The van der Waals surface area contributed by atoms with Crippen molar-refractivity contribution in [2.24, 2.45) is 0 Å². The van der Waals surface area contributed by atoms with E-state index in [9.17, 15) is 0 Å². The first-order valence-corrected chi connectivity index (χ1v) is 11.3. The van der Waals surface area contributed by atoms with Gasteiger partial charge in [-0.1, -0.05) is 6.92 Å². The molecule has 0 rings (SSSR count). The van der Waals surface area contributed by atoms with Gasteiger partial charge in [-0.05, 0) is 6.42 Å². The highest BCUT2D eigenvalue weighted by molar-refractivity contribution is 7.77. The molecule has 0 aliphatic carbocycles. The molecule has 0 amide bonds. The van der Waals surface area contributed by atoms with Crippen LogP contribution in [0.1, 0.15) is 13.3 Å². The standard InChI is InChI=1S/C10H26P2/c1-7-8-12(5,6)10-9-11(2,3)4/h7-10H2,1-6H3/q+2. The van der Waals surface area contributed by atoms with Crippen LogP contribution in [-0.4, -0.2) is 51.8 Å². The molecule has 12 heavy (non-hydrogen) atoms. The second-order valence-electron chi connectivity index (χ2n) is 5.40. The third kappa shape index (κ3) is 7.51. The largest absolute Gasteiger partial charge is 0.0923 e. The van der Waals surface area contributed by atoms with Crippen molar-refractivity contribution in [2.45, 2.75) is 13.3 Å². The molecule has 0 bridgehead atoms. The summed E-state index contributed by atoms with van der Waals surface area (Å²) in [7, 11) is -1.02. The van der Waals surface area contributed by atoms with E-state index in [-0.39, 0.29) is 0 Å². The molecule has 2 heteroatoms. The van der Waals surface area contributed by atoms with Crippen molar-refractivity contribution in [3.05, 3.63) is 0 Å². The molecule has 0 aliphatic rings. The van der Waals surface area contributed by atoms with Crippen molar-refractivity contribution < 1.29 is 0 Å². The Labute approximate surface area is 80.2 Å². The molecule has 0 spiro atoms. The summed E-state index contributed by atoms with van der Waals surface area (Å²) in [5.41, 5.74) is 0. The van der Waals surface area contributed by atoms with Gasteiger partial charge in [0.25, 0.3) is 0 Å². The maximum absolute atomic E-state index is 2.52. The van der Waals surface area contributed by atoms with Gasteiger partial charge in [-0.25, -0.2) is 0 Å².